The summed E-state index contributed by atoms with van der Waals surface area (Å²) in [5.74, 6) is -7.04. The molecule has 2 aromatic rings. The maximum atomic E-state index is 11.7. The normalized spacial score (nSPS) is 17.4. The number of carbonyl (C=O) groups is 2. The number of nitrogens with zero attached hydrogens (tertiary/aromatic N) is 2. The van der Waals surface area contributed by atoms with Gasteiger partial charge in [0.25, 0.3) is 0 Å². The van der Waals surface area contributed by atoms with E-state index < -0.39 is 23.1 Å². The van der Waals surface area contributed by atoms with Crippen molar-refractivity contribution >= 4 is 23.3 Å². The Bertz CT molecular complexity index is 920. The van der Waals surface area contributed by atoms with E-state index in [2.05, 4.69) is 10.2 Å². The van der Waals surface area contributed by atoms with Crippen molar-refractivity contribution in [2.45, 2.75) is 5.79 Å². The first-order chi connectivity index (χ1) is 12.3. The van der Waals surface area contributed by atoms with Gasteiger partial charge in [-0.15, -0.1) is 0 Å². The van der Waals surface area contributed by atoms with Gasteiger partial charge in [-0.05, 0) is 18.2 Å². The molecule has 1 aliphatic rings. The summed E-state index contributed by atoms with van der Waals surface area (Å²) in [7, 11) is 0. The fraction of sp³-hybridized carbons (Fsp3) is 0.111. The summed E-state index contributed by atoms with van der Waals surface area (Å²) in [4.78, 5) is 23.5. The lowest BCUT2D eigenvalue weighted by Gasteiger charge is -2.39. The summed E-state index contributed by atoms with van der Waals surface area (Å²) in [6, 6.07) is 14.3. The second-order valence-corrected chi connectivity index (χ2v) is 5.70. The molecule has 0 spiro atoms. The maximum Gasteiger partial charge on any atom is 0.331 e. The van der Waals surface area contributed by atoms with E-state index in [0.717, 1.165) is 0 Å². The molecule has 3 rings (SSSR count). The van der Waals surface area contributed by atoms with E-state index in [9.17, 15) is 30.0 Å². The van der Waals surface area contributed by atoms with Gasteiger partial charge in [-0.3, -0.25) is 9.59 Å². The fourth-order valence-electron chi connectivity index (χ4n) is 2.81. The molecule has 0 atom stereocenters. The molecule has 4 N–H and O–H groups in total. The average molecular weight is 354 g/mol. The van der Waals surface area contributed by atoms with Crippen LogP contribution < -0.4 is 0 Å². The first-order valence-corrected chi connectivity index (χ1v) is 7.52. The summed E-state index contributed by atoms with van der Waals surface area (Å²) >= 11 is 0. The van der Waals surface area contributed by atoms with Gasteiger partial charge >= 0.3 is 11.9 Å². The average Bonchev–Trinajstić information content (AvgIpc) is 2.61. The highest BCUT2D eigenvalue weighted by molar-refractivity contribution is 6.04. The van der Waals surface area contributed by atoms with Crippen molar-refractivity contribution in [3.05, 3.63) is 71.8 Å². The third-order valence-corrected chi connectivity index (χ3v) is 4.19. The number of benzene rings is 2. The number of hydrogen-bond acceptors (Lipinski definition) is 6. The summed E-state index contributed by atoms with van der Waals surface area (Å²) in [6.07, 6.45) is 0.701. The molecule has 0 heterocycles. The zero-order chi connectivity index (χ0) is 18.9. The first kappa shape index (κ1) is 17.5. The lowest BCUT2D eigenvalue weighted by Crippen LogP contribution is -2.56. The van der Waals surface area contributed by atoms with E-state index in [1.807, 2.05) is 0 Å². The van der Waals surface area contributed by atoms with Crippen LogP contribution in [0.2, 0.25) is 0 Å². The monoisotopic (exact) mass is 354 g/mol. The molecule has 0 saturated heterocycles. The molecule has 0 unspecified atom stereocenters. The number of rotatable bonds is 4. The van der Waals surface area contributed by atoms with Crippen LogP contribution in [0.25, 0.3) is 5.70 Å². The third-order valence-electron chi connectivity index (χ3n) is 4.19. The van der Waals surface area contributed by atoms with Gasteiger partial charge in [0.1, 0.15) is 0 Å². The Kier molecular flexibility index (Phi) is 4.15. The molecule has 0 saturated carbocycles. The number of hydrogen-bond donors (Lipinski definition) is 4. The summed E-state index contributed by atoms with van der Waals surface area (Å²) in [6.45, 7) is 0. The molecular formula is C18H14N2O6. The molecule has 0 fully saturated rings. The minimum Gasteiger partial charge on any atom is -0.480 e. The zero-order valence-electron chi connectivity index (χ0n) is 13.3. The van der Waals surface area contributed by atoms with Crippen molar-refractivity contribution < 1.29 is 30.0 Å². The Hall–Kier alpha value is -3.36. The maximum absolute atomic E-state index is 11.7. The molecule has 0 aliphatic heterocycles. The van der Waals surface area contributed by atoms with Gasteiger partial charge in [0.15, 0.2) is 0 Å². The van der Waals surface area contributed by atoms with Crippen LogP contribution in [0.1, 0.15) is 11.1 Å². The topological polar surface area (TPSA) is 140 Å². The lowest BCUT2D eigenvalue weighted by molar-refractivity contribution is -0.244. The smallest absolute Gasteiger partial charge is 0.331 e. The summed E-state index contributed by atoms with van der Waals surface area (Å²) < 4.78 is 0. The van der Waals surface area contributed by atoms with Crippen LogP contribution in [0.15, 0.2) is 70.9 Å². The minimum atomic E-state index is -3.17. The lowest BCUT2D eigenvalue weighted by atomic mass is 9.70. The predicted octanol–water partition coefficient (Wildman–Crippen LogP) is 2.12. The summed E-state index contributed by atoms with van der Waals surface area (Å²) in [5.41, 5.74) is -2.77. The quantitative estimate of drug-likeness (QED) is 0.377. The van der Waals surface area contributed by atoms with E-state index in [-0.39, 0.29) is 16.8 Å². The molecule has 0 aromatic heterocycles. The number of aliphatic carboxylic acids is 2. The molecule has 132 valence electrons. The van der Waals surface area contributed by atoms with Crippen molar-refractivity contribution in [3.8, 4) is 0 Å². The van der Waals surface area contributed by atoms with Crippen molar-refractivity contribution in [1.29, 1.82) is 0 Å². The van der Waals surface area contributed by atoms with Crippen LogP contribution in [0.3, 0.4) is 0 Å². The van der Waals surface area contributed by atoms with Crippen LogP contribution in [0.5, 0.6) is 0 Å². The van der Waals surface area contributed by atoms with Crippen molar-refractivity contribution in [3.63, 3.8) is 0 Å². The number of azo groups is 1. The fourth-order valence-corrected chi connectivity index (χ4v) is 2.81. The van der Waals surface area contributed by atoms with Gasteiger partial charge in [0.2, 0.25) is 11.2 Å². The van der Waals surface area contributed by atoms with Crippen LogP contribution in [0, 0.1) is 5.41 Å². The van der Waals surface area contributed by atoms with Crippen LogP contribution >= 0.6 is 0 Å². The van der Waals surface area contributed by atoms with Gasteiger partial charge in [-0.1, -0.05) is 42.5 Å². The highest BCUT2D eigenvalue weighted by atomic mass is 16.5. The van der Waals surface area contributed by atoms with Gasteiger partial charge in [0, 0.05) is 11.1 Å². The van der Waals surface area contributed by atoms with E-state index in [1.165, 1.54) is 18.2 Å². The molecule has 0 bridgehead atoms. The second-order valence-electron chi connectivity index (χ2n) is 5.70. The SMILES string of the molecule is O=C(O)C1(C(=O)O)C=C(N=Nc2ccccc2)c2ccccc2C1(O)O. The predicted molar refractivity (Wildman–Crippen MR) is 89.2 cm³/mol. The van der Waals surface area contributed by atoms with Gasteiger partial charge < -0.3 is 20.4 Å². The van der Waals surface area contributed by atoms with Gasteiger partial charge in [-0.2, -0.15) is 10.2 Å². The highest BCUT2D eigenvalue weighted by Crippen LogP contribution is 2.48. The first-order valence-electron chi connectivity index (χ1n) is 7.52. The van der Waals surface area contributed by atoms with Crippen molar-refractivity contribution in [2.75, 3.05) is 0 Å². The molecule has 1 aliphatic carbocycles. The number of carboxylic acids is 2. The molecule has 8 heteroatoms. The van der Waals surface area contributed by atoms with E-state index in [0.29, 0.717) is 11.8 Å². The van der Waals surface area contributed by atoms with E-state index >= 15 is 0 Å². The van der Waals surface area contributed by atoms with Crippen LogP contribution in [-0.4, -0.2) is 32.4 Å². The number of aliphatic hydroxyl groups is 2. The Morgan fingerprint density at radius 1 is 0.808 bits per heavy atom. The largest absolute Gasteiger partial charge is 0.480 e. The Balaban J connectivity index is 2.24. The standard InChI is InChI=1S/C18H14N2O6/c21-15(22)17(16(23)24)10-14(20-19-11-6-2-1-3-7-11)12-8-4-5-9-13(12)18(17,25)26/h1-10,25-26H,(H,21,22)(H,23,24). The molecule has 8 nitrogen and oxygen atoms in total. The Labute approximate surface area is 147 Å². The van der Waals surface area contributed by atoms with Crippen molar-refractivity contribution in [2.24, 2.45) is 15.6 Å². The van der Waals surface area contributed by atoms with E-state index in [1.54, 1.807) is 36.4 Å². The van der Waals surface area contributed by atoms with Gasteiger partial charge in [-0.25, -0.2) is 0 Å². The molecule has 0 amide bonds. The third kappa shape index (κ3) is 2.48. The molecular weight excluding hydrogens is 340 g/mol. The molecule has 0 radical (unpaired) electrons. The Morgan fingerprint density at radius 3 is 2.00 bits per heavy atom. The van der Waals surface area contributed by atoms with Gasteiger partial charge in [0.05, 0.1) is 11.4 Å². The highest BCUT2D eigenvalue weighted by Gasteiger charge is 2.64. The van der Waals surface area contributed by atoms with E-state index in [4.69, 9.17) is 0 Å². The zero-order valence-corrected chi connectivity index (χ0v) is 13.3. The van der Waals surface area contributed by atoms with Crippen LogP contribution in [0.4, 0.5) is 5.69 Å². The number of carboxylic acid groups (broad SMARTS) is 2. The number of fused-ring (bicyclic) bond motifs is 1. The minimum absolute atomic E-state index is 0.0898. The van der Waals surface area contributed by atoms with Crippen LogP contribution in [-0.2, 0) is 15.4 Å². The molecule has 2 aromatic carbocycles. The Morgan fingerprint density at radius 2 is 1.38 bits per heavy atom. The van der Waals surface area contributed by atoms with Crippen molar-refractivity contribution in [1.82, 2.24) is 0 Å². The second kappa shape index (κ2) is 6.17. The molecule has 26 heavy (non-hydrogen) atoms. The summed E-state index contributed by atoms with van der Waals surface area (Å²) in [5, 5.41) is 47.9.